The van der Waals surface area contributed by atoms with Crippen molar-refractivity contribution in [2.24, 2.45) is 0 Å². The third-order valence-corrected chi connectivity index (χ3v) is 4.06. The first kappa shape index (κ1) is 11.3. The maximum absolute atomic E-state index is 10.6. The van der Waals surface area contributed by atoms with Crippen LogP contribution in [0.3, 0.4) is 0 Å². The predicted octanol–water partition coefficient (Wildman–Crippen LogP) is 5.16. The second-order valence-corrected chi connectivity index (χ2v) is 5.28. The first-order valence-electron chi connectivity index (χ1n) is 6.78. The minimum atomic E-state index is 0.378. The Kier molecular flexibility index (Phi) is 2.25. The fourth-order valence-corrected chi connectivity index (χ4v) is 3.09. The summed E-state index contributed by atoms with van der Waals surface area (Å²) in [7, 11) is 0. The lowest BCUT2D eigenvalue weighted by Crippen LogP contribution is -1.84. The van der Waals surface area contributed by atoms with Crippen LogP contribution in [0.25, 0.3) is 32.3 Å². The van der Waals surface area contributed by atoms with E-state index in [2.05, 4.69) is 37.3 Å². The molecule has 0 saturated carbocycles. The lowest BCUT2D eigenvalue weighted by Gasteiger charge is -2.10. The average molecular weight is 258 g/mol. The molecule has 0 radical (unpaired) electrons. The summed E-state index contributed by atoms with van der Waals surface area (Å²) in [5.41, 5.74) is 1.24. The molecule has 0 atom stereocenters. The molecule has 1 N–H and O–H groups in total. The Labute approximate surface area is 117 Å². The van der Waals surface area contributed by atoms with E-state index in [1.54, 1.807) is 0 Å². The van der Waals surface area contributed by atoms with Gasteiger partial charge in [0.15, 0.2) is 0 Å². The first-order valence-corrected chi connectivity index (χ1v) is 6.78. The van der Waals surface area contributed by atoms with Crippen LogP contribution in [0.15, 0.2) is 60.7 Å². The van der Waals surface area contributed by atoms with Gasteiger partial charge in [0, 0.05) is 10.8 Å². The maximum Gasteiger partial charge on any atom is 0.131 e. The molecule has 96 valence electrons. The average Bonchev–Trinajstić information content (AvgIpc) is 2.47. The normalized spacial score (nSPS) is 11.4. The third kappa shape index (κ3) is 1.44. The van der Waals surface area contributed by atoms with Gasteiger partial charge in [-0.1, -0.05) is 54.6 Å². The highest BCUT2D eigenvalue weighted by molar-refractivity contribution is 6.16. The van der Waals surface area contributed by atoms with Crippen molar-refractivity contribution in [2.75, 3.05) is 0 Å². The topological polar surface area (TPSA) is 20.2 Å². The SMILES string of the molecule is Cc1cccc2ccc3c(O)c4ccccc4cc3c12. The third-order valence-electron chi connectivity index (χ3n) is 4.06. The van der Waals surface area contributed by atoms with E-state index in [-0.39, 0.29) is 0 Å². The first-order chi connectivity index (χ1) is 9.75. The second-order valence-electron chi connectivity index (χ2n) is 5.28. The summed E-state index contributed by atoms with van der Waals surface area (Å²) in [5.74, 6) is 0.378. The maximum atomic E-state index is 10.6. The summed E-state index contributed by atoms with van der Waals surface area (Å²) in [6, 6.07) is 20.6. The largest absolute Gasteiger partial charge is 0.507 e. The standard InChI is InChI=1S/C19H14O/c1-12-5-4-7-13-9-10-16-17(18(12)13)11-14-6-2-3-8-15(14)19(16)20/h2-11,20H,1H3. The van der Waals surface area contributed by atoms with Crippen molar-refractivity contribution >= 4 is 32.3 Å². The number of phenols is 1. The Balaban J connectivity index is 2.34. The van der Waals surface area contributed by atoms with Crippen molar-refractivity contribution in [3.8, 4) is 5.75 Å². The van der Waals surface area contributed by atoms with Gasteiger partial charge < -0.3 is 5.11 Å². The smallest absolute Gasteiger partial charge is 0.131 e. The van der Waals surface area contributed by atoms with Gasteiger partial charge >= 0.3 is 0 Å². The number of fused-ring (bicyclic) bond motifs is 4. The minimum absolute atomic E-state index is 0.378. The highest BCUT2D eigenvalue weighted by Crippen LogP contribution is 2.38. The molecule has 0 saturated heterocycles. The monoisotopic (exact) mass is 258 g/mol. The molecular formula is C19H14O. The molecule has 1 heteroatoms. The molecule has 4 rings (SSSR count). The zero-order valence-corrected chi connectivity index (χ0v) is 11.2. The molecular weight excluding hydrogens is 244 g/mol. The van der Waals surface area contributed by atoms with E-state index in [0.717, 1.165) is 21.5 Å². The van der Waals surface area contributed by atoms with Crippen LogP contribution in [-0.4, -0.2) is 5.11 Å². The molecule has 20 heavy (non-hydrogen) atoms. The number of hydrogen-bond acceptors (Lipinski definition) is 1. The van der Waals surface area contributed by atoms with Crippen molar-refractivity contribution < 1.29 is 5.11 Å². The number of phenolic OH excluding ortho intramolecular Hbond substituents is 1. The van der Waals surface area contributed by atoms with Crippen LogP contribution in [0.1, 0.15) is 5.56 Å². The number of rotatable bonds is 0. The molecule has 1 nitrogen and oxygen atoms in total. The Morgan fingerprint density at radius 1 is 0.700 bits per heavy atom. The zero-order chi connectivity index (χ0) is 13.7. The molecule has 0 amide bonds. The summed E-state index contributed by atoms with van der Waals surface area (Å²) in [5, 5.41) is 17.0. The van der Waals surface area contributed by atoms with Crippen molar-refractivity contribution in [1.29, 1.82) is 0 Å². The molecule has 4 aromatic carbocycles. The van der Waals surface area contributed by atoms with Gasteiger partial charge in [0.1, 0.15) is 5.75 Å². The van der Waals surface area contributed by atoms with Crippen LogP contribution in [0.2, 0.25) is 0 Å². The fraction of sp³-hybridized carbons (Fsp3) is 0.0526. The van der Waals surface area contributed by atoms with Gasteiger partial charge in [-0.15, -0.1) is 0 Å². The molecule has 0 bridgehead atoms. The Morgan fingerprint density at radius 3 is 2.40 bits per heavy atom. The van der Waals surface area contributed by atoms with Crippen LogP contribution in [0, 0.1) is 6.92 Å². The van der Waals surface area contributed by atoms with Crippen LogP contribution in [0.4, 0.5) is 0 Å². The molecule has 0 unspecified atom stereocenters. The van der Waals surface area contributed by atoms with E-state index < -0.39 is 0 Å². The van der Waals surface area contributed by atoms with Crippen LogP contribution < -0.4 is 0 Å². The molecule has 0 aliphatic rings. The molecule has 4 aromatic rings. The van der Waals surface area contributed by atoms with Gasteiger partial charge in [0.2, 0.25) is 0 Å². The zero-order valence-electron chi connectivity index (χ0n) is 11.2. The van der Waals surface area contributed by atoms with Gasteiger partial charge in [-0.3, -0.25) is 0 Å². The molecule has 0 aromatic heterocycles. The summed E-state index contributed by atoms with van der Waals surface area (Å²) >= 11 is 0. The number of aryl methyl sites for hydroxylation is 1. The summed E-state index contributed by atoms with van der Waals surface area (Å²) in [4.78, 5) is 0. The van der Waals surface area contributed by atoms with Crippen LogP contribution in [0.5, 0.6) is 5.75 Å². The van der Waals surface area contributed by atoms with E-state index in [1.807, 2.05) is 30.3 Å². The van der Waals surface area contributed by atoms with E-state index in [1.165, 1.54) is 16.3 Å². The minimum Gasteiger partial charge on any atom is -0.507 e. The lowest BCUT2D eigenvalue weighted by atomic mass is 9.95. The lowest BCUT2D eigenvalue weighted by molar-refractivity contribution is 0.488. The molecule has 0 heterocycles. The van der Waals surface area contributed by atoms with Gasteiger partial charge in [0.25, 0.3) is 0 Å². The van der Waals surface area contributed by atoms with Gasteiger partial charge in [0.05, 0.1) is 0 Å². The summed E-state index contributed by atoms with van der Waals surface area (Å²) in [6.45, 7) is 2.12. The van der Waals surface area contributed by atoms with Gasteiger partial charge in [-0.2, -0.15) is 0 Å². The number of hydrogen-bond donors (Lipinski definition) is 1. The fourth-order valence-electron chi connectivity index (χ4n) is 3.09. The van der Waals surface area contributed by atoms with Gasteiger partial charge in [-0.25, -0.2) is 0 Å². The molecule has 0 fully saturated rings. The van der Waals surface area contributed by atoms with E-state index in [4.69, 9.17) is 0 Å². The number of benzene rings is 4. The summed E-state index contributed by atoms with van der Waals surface area (Å²) in [6.07, 6.45) is 0. The molecule has 0 spiro atoms. The Morgan fingerprint density at radius 2 is 1.50 bits per heavy atom. The van der Waals surface area contributed by atoms with E-state index >= 15 is 0 Å². The van der Waals surface area contributed by atoms with Crippen LogP contribution in [-0.2, 0) is 0 Å². The second kappa shape index (κ2) is 3.97. The molecule has 0 aliphatic carbocycles. The van der Waals surface area contributed by atoms with Crippen molar-refractivity contribution in [2.45, 2.75) is 6.92 Å². The number of aromatic hydroxyl groups is 1. The Bertz CT molecular complexity index is 967. The van der Waals surface area contributed by atoms with Crippen LogP contribution >= 0.6 is 0 Å². The van der Waals surface area contributed by atoms with Crippen molar-refractivity contribution in [1.82, 2.24) is 0 Å². The highest BCUT2D eigenvalue weighted by Gasteiger charge is 2.09. The molecule has 0 aliphatic heterocycles. The van der Waals surface area contributed by atoms with Gasteiger partial charge in [-0.05, 0) is 40.1 Å². The highest BCUT2D eigenvalue weighted by atomic mass is 16.3. The van der Waals surface area contributed by atoms with E-state index in [9.17, 15) is 5.11 Å². The van der Waals surface area contributed by atoms with Crippen molar-refractivity contribution in [3.05, 3.63) is 66.2 Å². The van der Waals surface area contributed by atoms with E-state index in [0.29, 0.717) is 5.75 Å². The predicted molar refractivity (Wildman–Crippen MR) is 85.4 cm³/mol. The summed E-state index contributed by atoms with van der Waals surface area (Å²) < 4.78 is 0. The quantitative estimate of drug-likeness (QED) is 0.341. The Hall–Kier alpha value is -2.54. The van der Waals surface area contributed by atoms with Crippen molar-refractivity contribution in [3.63, 3.8) is 0 Å².